The van der Waals surface area contributed by atoms with E-state index in [1.54, 1.807) is 18.2 Å². The van der Waals surface area contributed by atoms with E-state index in [0.717, 1.165) is 4.90 Å². The first kappa shape index (κ1) is 17.8. The molecule has 0 saturated carbocycles. The molecule has 0 atom stereocenters. The lowest BCUT2D eigenvalue weighted by Crippen LogP contribution is -2.36. The number of methoxy groups -OCH3 is 1. The Balaban J connectivity index is 2.19. The van der Waals surface area contributed by atoms with Crippen molar-refractivity contribution in [3.05, 3.63) is 34.5 Å². The Labute approximate surface area is 144 Å². The van der Waals surface area contributed by atoms with Gasteiger partial charge < -0.3 is 14.8 Å². The Morgan fingerprint density at radius 1 is 1.38 bits per heavy atom. The van der Waals surface area contributed by atoms with Gasteiger partial charge in [-0.2, -0.15) is 0 Å². The second-order valence-corrected chi connectivity index (χ2v) is 5.72. The summed E-state index contributed by atoms with van der Waals surface area (Å²) >= 11 is 6.14. The van der Waals surface area contributed by atoms with Crippen molar-refractivity contribution < 1.29 is 23.9 Å². The highest BCUT2D eigenvalue weighted by molar-refractivity contribution is 6.32. The minimum atomic E-state index is -0.682. The fraction of sp³-hybridized carbons (Fsp3) is 0.312. The molecule has 1 N–H and O–H groups in total. The average molecular weight is 353 g/mol. The maximum atomic E-state index is 12.2. The molecule has 1 aliphatic rings. The van der Waals surface area contributed by atoms with Gasteiger partial charge in [-0.1, -0.05) is 17.7 Å². The topological polar surface area (TPSA) is 84.9 Å². The number of hydrogen-bond donors (Lipinski definition) is 1. The molecule has 0 spiro atoms. The summed E-state index contributed by atoms with van der Waals surface area (Å²) in [5.74, 6) is -0.759. The Morgan fingerprint density at radius 3 is 2.67 bits per heavy atom. The highest BCUT2D eigenvalue weighted by Crippen LogP contribution is 2.27. The second-order valence-electron chi connectivity index (χ2n) is 5.31. The van der Waals surface area contributed by atoms with Gasteiger partial charge in [0.1, 0.15) is 18.0 Å². The second kappa shape index (κ2) is 7.35. The van der Waals surface area contributed by atoms with Crippen LogP contribution in [0.25, 0.3) is 6.08 Å². The van der Waals surface area contributed by atoms with Crippen LogP contribution in [-0.2, 0) is 14.3 Å². The number of halogens is 1. The SMILES string of the molecule is COC(=O)CN1C(=O)N/C(=C/c2ccc(OC(C)C)c(Cl)c2)C1=O. The van der Waals surface area contributed by atoms with Gasteiger partial charge in [0.2, 0.25) is 0 Å². The minimum absolute atomic E-state index is 0.0192. The van der Waals surface area contributed by atoms with Gasteiger partial charge >= 0.3 is 12.0 Å². The van der Waals surface area contributed by atoms with Gasteiger partial charge in [-0.15, -0.1) is 0 Å². The number of hydrogen-bond acceptors (Lipinski definition) is 5. The molecule has 1 aliphatic heterocycles. The molecular weight excluding hydrogens is 336 g/mol. The highest BCUT2D eigenvalue weighted by Gasteiger charge is 2.35. The molecule has 7 nitrogen and oxygen atoms in total. The number of esters is 1. The van der Waals surface area contributed by atoms with Crippen molar-refractivity contribution in [3.63, 3.8) is 0 Å². The summed E-state index contributed by atoms with van der Waals surface area (Å²) in [4.78, 5) is 36.0. The molecular formula is C16H17ClN2O5. The predicted octanol–water partition coefficient (Wildman–Crippen LogP) is 2.19. The van der Waals surface area contributed by atoms with Crippen LogP contribution in [0.15, 0.2) is 23.9 Å². The third-order valence-corrected chi connectivity index (χ3v) is 3.40. The molecule has 0 aliphatic carbocycles. The van der Waals surface area contributed by atoms with Crippen LogP contribution in [0.1, 0.15) is 19.4 Å². The summed E-state index contributed by atoms with van der Waals surface area (Å²) in [6, 6.07) is 4.33. The van der Waals surface area contributed by atoms with Crippen LogP contribution in [0.3, 0.4) is 0 Å². The van der Waals surface area contributed by atoms with Crippen LogP contribution in [0.2, 0.25) is 5.02 Å². The standard InChI is InChI=1S/C16H17ClN2O5/c1-9(2)24-13-5-4-10(6-11(13)17)7-12-15(21)19(16(22)18-12)8-14(20)23-3/h4-7,9H,8H2,1-3H3,(H,18,22)/b12-7+. The van der Waals surface area contributed by atoms with Gasteiger partial charge in [0.15, 0.2) is 0 Å². The number of nitrogens with one attached hydrogen (secondary N) is 1. The molecule has 0 radical (unpaired) electrons. The van der Waals surface area contributed by atoms with Gasteiger partial charge in [0.05, 0.1) is 18.2 Å². The van der Waals surface area contributed by atoms with Crippen molar-refractivity contribution in [2.24, 2.45) is 0 Å². The summed E-state index contributed by atoms with van der Waals surface area (Å²) in [7, 11) is 1.18. The van der Waals surface area contributed by atoms with E-state index in [1.807, 2.05) is 13.8 Å². The van der Waals surface area contributed by atoms with Crippen LogP contribution in [0.4, 0.5) is 4.79 Å². The smallest absolute Gasteiger partial charge is 0.329 e. The van der Waals surface area contributed by atoms with Gasteiger partial charge in [-0.05, 0) is 37.6 Å². The van der Waals surface area contributed by atoms with Crippen LogP contribution in [0.5, 0.6) is 5.75 Å². The Morgan fingerprint density at radius 2 is 2.08 bits per heavy atom. The number of urea groups is 1. The zero-order valence-corrected chi connectivity index (χ0v) is 14.2. The van der Waals surface area contributed by atoms with Gasteiger partial charge in [-0.25, -0.2) is 9.69 Å². The van der Waals surface area contributed by atoms with Crippen LogP contribution in [0, 0.1) is 0 Å². The molecule has 0 unspecified atom stereocenters. The fourth-order valence-electron chi connectivity index (χ4n) is 2.03. The number of carbonyl (C=O) groups is 3. The molecule has 128 valence electrons. The number of nitrogens with zero attached hydrogens (tertiary/aromatic N) is 1. The molecule has 0 aromatic heterocycles. The maximum absolute atomic E-state index is 12.2. The van der Waals surface area contributed by atoms with Crippen molar-refractivity contribution in [1.29, 1.82) is 0 Å². The van der Waals surface area contributed by atoms with Gasteiger partial charge in [-0.3, -0.25) is 9.59 Å². The summed E-state index contributed by atoms with van der Waals surface area (Å²) in [6.45, 7) is 3.32. The Hall–Kier alpha value is -2.54. The molecule has 1 saturated heterocycles. The third-order valence-electron chi connectivity index (χ3n) is 3.11. The summed E-state index contributed by atoms with van der Waals surface area (Å²) in [5.41, 5.74) is 0.664. The molecule has 3 amide bonds. The monoisotopic (exact) mass is 352 g/mol. The van der Waals surface area contributed by atoms with E-state index >= 15 is 0 Å². The first-order valence-corrected chi connectivity index (χ1v) is 7.57. The number of amides is 3. The van der Waals surface area contributed by atoms with Crippen LogP contribution in [-0.4, -0.2) is 42.6 Å². The molecule has 1 aromatic carbocycles. The van der Waals surface area contributed by atoms with Gasteiger partial charge in [0.25, 0.3) is 5.91 Å². The first-order valence-electron chi connectivity index (χ1n) is 7.19. The lowest BCUT2D eigenvalue weighted by Gasteiger charge is -2.11. The third kappa shape index (κ3) is 4.05. The molecule has 1 aromatic rings. The number of carbonyl (C=O) groups excluding carboxylic acids is 3. The normalized spacial score (nSPS) is 15.9. The zero-order valence-electron chi connectivity index (χ0n) is 13.5. The summed E-state index contributed by atoms with van der Waals surface area (Å²) < 4.78 is 9.99. The molecule has 1 heterocycles. The van der Waals surface area contributed by atoms with E-state index in [0.29, 0.717) is 16.3 Å². The van der Waals surface area contributed by atoms with Crippen molar-refractivity contribution >= 4 is 35.6 Å². The highest BCUT2D eigenvalue weighted by atomic mass is 35.5. The van der Waals surface area contributed by atoms with Crippen LogP contribution >= 0.6 is 11.6 Å². The number of benzene rings is 1. The number of imide groups is 1. The van der Waals surface area contributed by atoms with E-state index in [-0.39, 0.29) is 11.8 Å². The number of rotatable bonds is 5. The average Bonchev–Trinajstić information content (AvgIpc) is 2.77. The summed E-state index contributed by atoms with van der Waals surface area (Å²) in [6.07, 6.45) is 1.46. The van der Waals surface area contributed by atoms with E-state index in [1.165, 1.54) is 13.2 Å². The largest absolute Gasteiger partial charge is 0.489 e. The molecule has 24 heavy (non-hydrogen) atoms. The van der Waals surface area contributed by atoms with E-state index in [9.17, 15) is 14.4 Å². The van der Waals surface area contributed by atoms with Gasteiger partial charge in [0, 0.05) is 0 Å². The molecule has 1 fully saturated rings. The van der Waals surface area contributed by atoms with E-state index in [4.69, 9.17) is 16.3 Å². The number of ether oxygens (including phenoxy) is 2. The Kier molecular flexibility index (Phi) is 5.46. The van der Waals surface area contributed by atoms with Crippen molar-refractivity contribution in [2.45, 2.75) is 20.0 Å². The van der Waals surface area contributed by atoms with E-state index < -0.39 is 24.5 Å². The zero-order chi connectivity index (χ0) is 17.9. The Bertz CT molecular complexity index is 714. The molecule has 0 bridgehead atoms. The predicted molar refractivity (Wildman–Crippen MR) is 87.5 cm³/mol. The van der Waals surface area contributed by atoms with E-state index in [2.05, 4.69) is 10.1 Å². The van der Waals surface area contributed by atoms with Crippen LogP contribution < -0.4 is 10.1 Å². The minimum Gasteiger partial charge on any atom is -0.489 e. The lowest BCUT2D eigenvalue weighted by molar-refractivity contribution is -0.143. The maximum Gasteiger partial charge on any atom is 0.329 e. The fourth-order valence-corrected chi connectivity index (χ4v) is 2.27. The summed E-state index contributed by atoms with van der Waals surface area (Å²) in [5, 5.41) is 2.80. The quantitative estimate of drug-likeness (QED) is 0.499. The molecule has 8 heteroatoms. The lowest BCUT2D eigenvalue weighted by atomic mass is 10.2. The van der Waals surface area contributed by atoms with Crippen molar-refractivity contribution in [1.82, 2.24) is 10.2 Å². The van der Waals surface area contributed by atoms with Crippen molar-refractivity contribution in [3.8, 4) is 5.75 Å². The van der Waals surface area contributed by atoms with Crippen molar-refractivity contribution in [2.75, 3.05) is 13.7 Å². The molecule has 2 rings (SSSR count). The first-order chi connectivity index (χ1) is 11.3.